The van der Waals surface area contributed by atoms with E-state index in [9.17, 15) is 0 Å². The van der Waals surface area contributed by atoms with E-state index >= 15 is 0 Å². The van der Waals surface area contributed by atoms with Gasteiger partial charge in [-0.2, -0.15) is 8.42 Å². The van der Waals surface area contributed by atoms with Crippen LogP contribution in [0.15, 0.2) is 0 Å². The normalized spacial score (nSPS) is 4.46. The molecule has 0 atom stereocenters. The third-order valence-electron chi connectivity index (χ3n) is 0. The molecule has 0 aliphatic rings. The molecule has 13 heteroatoms. The summed E-state index contributed by atoms with van der Waals surface area (Å²) in [6.07, 6.45) is 0. The quantitative estimate of drug-likeness (QED) is 0.365. The topological polar surface area (TPSA) is 299 Å². The Kier molecular flexibility index (Phi) is 352. The Bertz CT molecular complexity index is 98.1. The summed E-state index contributed by atoms with van der Waals surface area (Å²) in [6, 6.07) is 0. The van der Waals surface area contributed by atoms with E-state index in [1.807, 2.05) is 0 Å². The van der Waals surface area contributed by atoms with Crippen LogP contribution in [0.1, 0.15) is 0 Å². The first-order chi connectivity index (χ1) is 2.00. The summed E-state index contributed by atoms with van der Waals surface area (Å²) in [5.74, 6) is 0. The van der Waals surface area contributed by atoms with Gasteiger partial charge in [0, 0.05) is 16.8 Å². The molecule has 0 unspecified atom stereocenters. The van der Waals surface area contributed by atoms with Crippen LogP contribution in [0.3, 0.4) is 0 Å². The summed E-state index contributed by atoms with van der Waals surface area (Å²) < 4.78 is 31.6. The molecule has 1 radical (unpaired) electrons. The molecule has 0 spiro atoms. The molecule has 17 N–H and O–H groups in total. The van der Waals surface area contributed by atoms with Crippen molar-refractivity contribution in [2.45, 2.75) is 0 Å². The first-order valence-electron chi connectivity index (χ1n) is 0.698. The molecule has 0 heterocycles. The van der Waals surface area contributed by atoms with Gasteiger partial charge in [0.25, 0.3) is 0 Å². The second-order valence-electron chi connectivity index (χ2n) is 0.448. The van der Waals surface area contributed by atoms with Crippen LogP contribution in [0.25, 0.3) is 0 Å². The molecule has 0 aliphatic carbocycles. The summed E-state index contributed by atoms with van der Waals surface area (Å²) in [6.45, 7) is 0. The smallest absolute Gasteiger partial charge is 0.394 e. The van der Waals surface area contributed by atoms with Crippen LogP contribution < -0.4 is 6.15 Å². The molecule has 0 saturated heterocycles. The number of hydrogen-bond donors (Lipinski definition) is 3. The van der Waals surface area contributed by atoms with Crippen LogP contribution in [0.4, 0.5) is 0 Å². The molecule has 0 aliphatic heterocycles. The summed E-state index contributed by atoms with van der Waals surface area (Å²) in [5.41, 5.74) is 0. The van der Waals surface area contributed by atoms with Gasteiger partial charge in [-0.05, 0) is 0 Å². The van der Waals surface area contributed by atoms with Gasteiger partial charge < -0.3 is 39.0 Å². The summed E-state index contributed by atoms with van der Waals surface area (Å²) in [4.78, 5) is 0. The molecule has 0 bridgehead atoms. The van der Waals surface area contributed by atoms with E-state index in [1.54, 1.807) is 0 Å². The molecule has 0 rings (SSSR count). The van der Waals surface area contributed by atoms with Crippen molar-refractivity contribution in [3.05, 3.63) is 0 Å². The second kappa shape index (κ2) is 40.1. The van der Waals surface area contributed by atoms with E-state index in [-0.39, 0.29) is 55.8 Å². The predicted octanol–water partition coefficient (Wildman–Crippen LogP) is -5.44. The Morgan fingerprint density at radius 3 is 0.692 bits per heavy atom. The fraction of sp³-hybridized carbons (Fsp3) is 0. The fourth-order valence-corrected chi connectivity index (χ4v) is 0. The van der Waals surface area contributed by atoms with Gasteiger partial charge in [-0.1, -0.05) is 0 Å². The Labute approximate surface area is 84.3 Å². The molecule has 97 valence electrons. The summed E-state index contributed by atoms with van der Waals surface area (Å²) in [5, 5.41) is 0. The zero-order valence-electron chi connectivity index (χ0n) is 6.16. The van der Waals surface area contributed by atoms with Crippen LogP contribution in [0.2, 0.25) is 0 Å². The monoisotopic (exact) mass is 282 g/mol. The first-order valence-corrected chi connectivity index (χ1v) is 2.10. The van der Waals surface area contributed by atoms with Crippen molar-refractivity contribution in [3.8, 4) is 0 Å². The van der Waals surface area contributed by atoms with Crippen LogP contribution in [-0.4, -0.2) is 50.4 Å². The minimum Gasteiger partial charge on any atom is -0.412 e. The zero-order chi connectivity index (χ0) is 4.50. The number of hydrogen-bond acceptors (Lipinski definition) is 3. The van der Waals surface area contributed by atoms with Crippen molar-refractivity contribution in [2.24, 2.45) is 0 Å². The van der Waals surface area contributed by atoms with Crippen molar-refractivity contribution >= 4 is 10.4 Å². The standard InChI is InChI=1S/Co.H3N.H2O4S.6H2O/c;;1-5(2,3)4;;;;;;/h;1H3;(H2,1,2,3,4);6*1H2. The van der Waals surface area contributed by atoms with Gasteiger partial charge in [-0.25, -0.2) is 0 Å². The molecule has 0 amide bonds. The second-order valence-corrected chi connectivity index (χ2v) is 1.34. The van der Waals surface area contributed by atoms with E-state index in [4.69, 9.17) is 17.5 Å². The van der Waals surface area contributed by atoms with E-state index < -0.39 is 10.4 Å². The molecule has 0 fully saturated rings. The summed E-state index contributed by atoms with van der Waals surface area (Å²) in [7, 11) is -4.67. The van der Waals surface area contributed by atoms with Crippen LogP contribution in [0.5, 0.6) is 0 Å². The maximum Gasteiger partial charge on any atom is 0.394 e. The first kappa shape index (κ1) is 114. The predicted molar refractivity (Wildman–Crippen MR) is 40.9 cm³/mol. The molecule has 0 aromatic carbocycles. The molecular formula is H17CoNO10S. The molecule has 0 aromatic rings. The molecule has 0 aromatic heterocycles. The van der Waals surface area contributed by atoms with Crippen molar-refractivity contribution in [1.29, 1.82) is 0 Å². The van der Waals surface area contributed by atoms with Crippen molar-refractivity contribution in [1.82, 2.24) is 6.15 Å². The maximum atomic E-state index is 8.74. The average molecular weight is 282 g/mol. The maximum absolute atomic E-state index is 8.74. The van der Waals surface area contributed by atoms with Gasteiger partial charge in [0.05, 0.1) is 0 Å². The minimum absolute atomic E-state index is 0. The Hall–Kier alpha value is 0.0965. The van der Waals surface area contributed by atoms with E-state index in [2.05, 4.69) is 0 Å². The van der Waals surface area contributed by atoms with Crippen molar-refractivity contribution < 1.29 is 67.2 Å². The zero-order valence-corrected chi connectivity index (χ0v) is 8.02. The van der Waals surface area contributed by atoms with Crippen LogP contribution in [-0.2, 0) is 27.2 Å². The van der Waals surface area contributed by atoms with Gasteiger partial charge in [0.2, 0.25) is 0 Å². The molecule has 0 saturated carbocycles. The summed E-state index contributed by atoms with van der Waals surface area (Å²) >= 11 is 0. The van der Waals surface area contributed by atoms with Crippen LogP contribution in [0, 0.1) is 0 Å². The van der Waals surface area contributed by atoms with Crippen LogP contribution >= 0.6 is 0 Å². The largest absolute Gasteiger partial charge is 0.412 e. The van der Waals surface area contributed by atoms with E-state index in [0.717, 1.165) is 0 Å². The van der Waals surface area contributed by atoms with Gasteiger partial charge in [-0.3, -0.25) is 9.11 Å². The Morgan fingerprint density at radius 1 is 0.692 bits per heavy atom. The van der Waals surface area contributed by atoms with Gasteiger partial charge >= 0.3 is 10.4 Å². The SMILES string of the molecule is N.O.O.O.O.O.O.O=S(=O)(O)O.[Co]. The van der Waals surface area contributed by atoms with Crippen molar-refractivity contribution in [2.75, 3.05) is 0 Å². The third kappa shape index (κ3) is 132000. The Morgan fingerprint density at radius 2 is 0.692 bits per heavy atom. The Balaban J connectivity index is -0.00000000286. The minimum atomic E-state index is -4.67. The van der Waals surface area contributed by atoms with Gasteiger partial charge in [0.15, 0.2) is 0 Å². The van der Waals surface area contributed by atoms with Gasteiger partial charge in [0.1, 0.15) is 0 Å². The van der Waals surface area contributed by atoms with Crippen molar-refractivity contribution in [3.63, 3.8) is 0 Å². The fourth-order valence-electron chi connectivity index (χ4n) is 0. The molecule has 11 nitrogen and oxygen atoms in total. The average Bonchev–Trinajstić information content (AvgIpc) is 0.722. The van der Waals surface area contributed by atoms with E-state index in [1.165, 1.54) is 0 Å². The molecule has 13 heavy (non-hydrogen) atoms. The third-order valence-corrected chi connectivity index (χ3v) is 0. The van der Waals surface area contributed by atoms with Gasteiger partial charge in [-0.15, -0.1) is 0 Å². The van der Waals surface area contributed by atoms with E-state index in [0.29, 0.717) is 0 Å². The number of rotatable bonds is 0. The molecular weight excluding hydrogens is 265 g/mol.